The summed E-state index contributed by atoms with van der Waals surface area (Å²) in [7, 11) is 1.36. The van der Waals surface area contributed by atoms with E-state index >= 15 is 0 Å². The minimum atomic E-state index is -0.555. The van der Waals surface area contributed by atoms with Crippen LogP contribution in [0.25, 0.3) is 0 Å². The molecule has 0 unspecified atom stereocenters. The Balaban J connectivity index is 1.62. The lowest BCUT2D eigenvalue weighted by Crippen LogP contribution is -2.25. The summed E-state index contributed by atoms with van der Waals surface area (Å²) in [4.78, 5) is 23.1. The van der Waals surface area contributed by atoms with Crippen molar-refractivity contribution in [2.75, 3.05) is 32.1 Å². The highest BCUT2D eigenvalue weighted by molar-refractivity contribution is 5.96. The zero-order valence-corrected chi connectivity index (χ0v) is 20.8. The van der Waals surface area contributed by atoms with Crippen LogP contribution in [0.2, 0.25) is 0 Å². The molecule has 0 atom stereocenters. The zero-order valence-electron chi connectivity index (χ0n) is 20.8. The summed E-state index contributed by atoms with van der Waals surface area (Å²) >= 11 is 0. The summed E-state index contributed by atoms with van der Waals surface area (Å²) in [5.74, 6) is 0.175. The molecule has 0 bridgehead atoms. The van der Waals surface area contributed by atoms with E-state index in [9.17, 15) is 9.18 Å². The van der Waals surface area contributed by atoms with E-state index in [2.05, 4.69) is 46.2 Å². The molecule has 0 aliphatic carbocycles. The number of ketones is 1. The van der Waals surface area contributed by atoms with Crippen LogP contribution in [0.1, 0.15) is 48.7 Å². The van der Waals surface area contributed by atoms with E-state index in [-0.39, 0.29) is 23.7 Å². The predicted octanol–water partition coefficient (Wildman–Crippen LogP) is 5.42. The Morgan fingerprint density at radius 3 is 2.49 bits per heavy atom. The molecule has 186 valence electrons. The van der Waals surface area contributed by atoms with Crippen LogP contribution in [0.15, 0.2) is 48.8 Å². The number of likely N-dealkylation sites (N-methyl/N-ethyl adjacent to an activating group) is 1. The zero-order chi connectivity index (χ0) is 25.2. The van der Waals surface area contributed by atoms with Crippen LogP contribution in [0.3, 0.4) is 0 Å². The van der Waals surface area contributed by atoms with Crippen molar-refractivity contribution in [3.63, 3.8) is 0 Å². The number of Topliss-reactive ketones (excluding diaryl/α,β-unsaturated/α-hetero) is 1. The molecule has 3 rings (SSSR count). The van der Waals surface area contributed by atoms with E-state index in [1.165, 1.54) is 37.2 Å². The van der Waals surface area contributed by atoms with E-state index in [1.807, 2.05) is 12.1 Å². The average molecular weight is 481 g/mol. The molecular weight excluding hydrogens is 447 g/mol. The van der Waals surface area contributed by atoms with Gasteiger partial charge in [-0.1, -0.05) is 32.9 Å². The number of methoxy groups -OCH3 is 1. The quantitative estimate of drug-likeness (QED) is 0.327. The standard InChI is InChI=1S/C27H33FN4O3/c1-5-24(33)20-14-21(26(28)25(15-20)34-4)18-35-23-16-29-27(30-17-23)31-22-10-8-9-19(13-22)11-12-32(6-2)7-3/h8-10,13-17H,5-7,11-12,18H2,1-4H3,(H,29,30,31). The van der Waals surface area contributed by atoms with Crippen molar-refractivity contribution in [2.45, 2.75) is 40.2 Å². The van der Waals surface area contributed by atoms with E-state index < -0.39 is 5.82 Å². The van der Waals surface area contributed by atoms with Gasteiger partial charge in [0.25, 0.3) is 0 Å². The third kappa shape index (κ3) is 7.23. The Morgan fingerprint density at radius 1 is 1.09 bits per heavy atom. The molecular formula is C27H33FN4O3. The summed E-state index contributed by atoms with van der Waals surface area (Å²) in [5.41, 5.74) is 2.76. The van der Waals surface area contributed by atoms with Gasteiger partial charge in [-0.3, -0.25) is 4.79 Å². The molecule has 0 aliphatic heterocycles. The summed E-state index contributed by atoms with van der Waals surface area (Å²) in [5, 5.41) is 3.21. The van der Waals surface area contributed by atoms with Gasteiger partial charge < -0.3 is 19.7 Å². The lowest BCUT2D eigenvalue weighted by Gasteiger charge is -2.18. The maximum absolute atomic E-state index is 14.6. The smallest absolute Gasteiger partial charge is 0.227 e. The Hall–Kier alpha value is -3.52. The summed E-state index contributed by atoms with van der Waals surface area (Å²) in [6.07, 6.45) is 4.33. The van der Waals surface area contributed by atoms with Gasteiger partial charge in [0.2, 0.25) is 5.95 Å². The highest BCUT2D eigenvalue weighted by Gasteiger charge is 2.15. The second kappa shape index (κ2) is 12.8. The van der Waals surface area contributed by atoms with Crippen LogP contribution in [0.4, 0.5) is 16.0 Å². The fourth-order valence-electron chi connectivity index (χ4n) is 3.65. The highest BCUT2D eigenvalue weighted by atomic mass is 19.1. The number of hydrogen-bond acceptors (Lipinski definition) is 7. The van der Waals surface area contributed by atoms with Gasteiger partial charge in [-0.25, -0.2) is 14.4 Å². The van der Waals surface area contributed by atoms with Crippen LogP contribution in [0.5, 0.6) is 11.5 Å². The van der Waals surface area contributed by atoms with Crippen molar-refractivity contribution < 1.29 is 18.7 Å². The number of hydrogen-bond donors (Lipinski definition) is 1. The fraction of sp³-hybridized carbons (Fsp3) is 0.370. The maximum atomic E-state index is 14.6. The predicted molar refractivity (Wildman–Crippen MR) is 135 cm³/mol. The first-order valence-corrected chi connectivity index (χ1v) is 11.9. The Bertz CT molecular complexity index is 1120. The number of nitrogens with one attached hydrogen (secondary N) is 1. The first-order chi connectivity index (χ1) is 17.0. The molecule has 0 spiro atoms. The van der Waals surface area contributed by atoms with Crippen LogP contribution in [0, 0.1) is 5.82 Å². The van der Waals surface area contributed by atoms with E-state index in [4.69, 9.17) is 9.47 Å². The monoisotopic (exact) mass is 480 g/mol. The normalized spacial score (nSPS) is 10.9. The molecule has 0 saturated carbocycles. The Morgan fingerprint density at radius 2 is 1.83 bits per heavy atom. The molecule has 1 heterocycles. The largest absolute Gasteiger partial charge is 0.494 e. The number of carbonyl (C=O) groups excluding carboxylic acids is 1. The van der Waals surface area contributed by atoms with Crippen LogP contribution in [-0.4, -0.2) is 47.4 Å². The SMILES string of the molecule is CCC(=O)c1cc(COc2cnc(Nc3cccc(CCN(CC)CC)c3)nc2)c(F)c(OC)c1. The van der Waals surface area contributed by atoms with Crippen molar-refractivity contribution in [1.29, 1.82) is 0 Å². The molecule has 1 N–H and O–H groups in total. The van der Waals surface area contributed by atoms with E-state index in [0.717, 1.165) is 31.7 Å². The van der Waals surface area contributed by atoms with Crippen molar-refractivity contribution >= 4 is 17.4 Å². The molecule has 7 nitrogen and oxygen atoms in total. The Kier molecular flexibility index (Phi) is 9.55. The minimum absolute atomic E-state index is 0.0121. The average Bonchev–Trinajstić information content (AvgIpc) is 2.89. The molecule has 0 amide bonds. The molecule has 2 aromatic carbocycles. The molecule has 8 heteroatoms. The Labute approximate surface area is 206 Å². The fourth-order valence-corrected chi connectivity index (χ4v) is 3.65. The number of rotatable bonds is 13. The minimum Gasteiger partial charge on any atom is -0.494 e. The molecule has 0 fully saturated rings. The number of carbonyl (C=O) groups is 1. The van der Waals surface area contributed by atoms with Gasteiger partial charge in [-0.15, -0.1) is 0 Å². The van der Waals surface area contributed by atoms with Crippen LogP contribution < -0.4 is 14.8 Å². The van der Waals surface area contributed by atoms with Gasteiger partial charge in [-0.05, 0) is 49.3 Å². The van der Waals surface area contributed by atoms with Gasteiger partial charge in [0.1, 0.15) is 6.61 Å². The number of anilines is 2. The molecule has 0 radical (unpaired) electrons. The highest BCUT2D eigenvalue weighted by Crippen LogP contribution is 2.25. The van der Waals surface area contributed by atoms with Crippen molar-refractivity contribution in [3.05, 3.63) is 71.3 Å². The third-order valence-corrected chi connectivity index (χ3v) is 5.79. The maximum Gasteiger partial charge on any atom is 0.227 e. The first kappa shape index (κ1) is 26.1. The summed E-state index contributed by atoms with van der Waals surface area (Å²) in [6, 6.07) is 11.1. The molecule has 35 heavy (non-hydrogen) atoms. The lowest BCUT2D eigenvalue weighted by molar-refractivity contribution is 0.0987. The number of halogens is 1. The summed E-state index contributed by atoms with van der Waals surface area (Å²) in [6.45, 7) is 9.11. The van der Waals surface area contributed by atoms with Crippen LogP contribution >= 0.6 is 0 Å². The number of benzene rings is 2. The van der Waals surface area contributed by atoms with Crippen LogP contribution in [-0.2, 0) is 13.0 Å². The molecule has 1 aromatic heterocycles. The number of nitrogens with zero attached hydrogens (tertiary/aromatic N) is 3. The van der Waals surface area contributed by atoms with Crippen molar-refractivity contribution in [2.24, 2.45) is 0 Å². The second-order valence-electron chi connectivity index (χ2n) is 8.06. The van der Waals surface area contributed by atoms with E-state index in [0.29, 0.717) is 23.7 Å². The van der Waals surface area contributed by atoms with E-state index in [1.54, 1.807) is 6.92 Å². The summed E-state index contributed by atoms with van der Waals surface area (Å²) < 4.78 is 25.4. The molecule has 3 aromatic rings. The second-order valence-corrected chi connectivity index (χ2v) is 8.06. The topological polar surface area (TPSA) is 76.6 Å². The van der Waals surface area contributed by atoms with Crippen molar-refractivity contribution in [3.8, 4) is 11.5 Å². The third-order valence-electron chi connectivity index (χ3n) is 5.79. The first-order valence-electron chi connectivity index (χ1n) is 11.9. The van der Waals surface area contributed by atoms with Gasteiger partial charge in [0.05, 0.1) is 19.5 Å². The van der Waals surface area contributed by atoms with Gasteiger partial charge >= 0.3 is 0 Å². The molecule has 0 aliphatic rings. The molecule has 0 saturated heterocycles. The number of aromatic nitrogens is 2. The lowest BCUT2D eigenvalue weighted by atomic mass is 10.0. The van der Waals surface area contributed by atoms with Gasteiger partial charge in [-0.2, -0.15) is 0 Å². The van der Waals surface area contributed by atoms with Gasteiger partial charge in [0, 0.05) is 29.8 Å². The van der Waals surface area contributed by atoms with Gasteiger partial charge in [0.15, 0.2) is 23.1 Å². The number of ether oxygens (including phenoxy) is 2. The van der Waals surface area contributed by atoms with Crippen molar-refractivity contribution in [1.82, 2.24) is 14.9 Å².